The predicted molar refractivity (Wildman–Crippen MR) is 61.0 cm³/mol. The maximum atomic E-state index is 5.60. The first kappa shape index (κ1) is 10.5. The number of piperazine rings is 1. The fourth-order valence-corrected chi connectivity index (χ4v) is 1.82. The zero-order chi connectivity index (χ0) is 10.7. The largest absolute Gasteiger partial charge is 0.444 e. The van der Waals surface area contributed by atoms with Crippen LogP contribution in [0.15, 0.2) is 16.5 Å². The molecule has 15 heavy (non-hydrogen) atoms. The van der Waals surface area contributed by atoms with E-state index in [1.54, 1.807) is 0 Å². The molecule has 1 aliphatic rings. The summed E-state index contributed by atoms with van der Waals surface area (Å²) in [4.78, 5) is 4.79. The van der Waals surface area contributed by atoms with Gasteiger partial charge in [-0.3, -0.25) is 4.90 Å². The third-order valence-corrected chi connectivity index (χ3v) is 2.88. The van der Waals surface area contributed by atoms with Crippen molar-refractivity contribution in [2.45, 2.75) is 6.54 Å². The molecule has 0 aromatic carbocycles. The van der Waals surface area contributed by atoms with Crippen LogP contribution in [-0.2, 0) is 6.54 Å². The van der Waals surface area contributed by atoms with E-state index in [4.69, 9.17) is 4.42 Å². The second-order valence-electron chi connectivity index (χ2n) is 4.10. The minimum Gasteiger partial charge on any atom is -0.444 e. The molecule has 0 bridgehead atoms. The van der Waals surface area contributed by atoms with Gasteiger partial charge in [-0.25, -0.2) is 0 Å². The molecule has 0 amide bonds. The number of rotatable bonds is 3. The van der Waals surface area contributed by atoms with Gasteiger partial charge in [0, 0.05) is 39.3 Å². The highest BCUT2D eigenvalue weighted by atomic mass is 16.4. The Labute approximate surface area is 90.8 Å². The van der Waals surface area contributed by atoms with Gasteiger partial charge in [-0.15, -0.1) is 0 Å². The van der Waals surface area contributed by atoms with Gasteiger partial charge >= 0.3 is 0 Å². The second kappa shape index (κ2) is 4.68. The number of anilines is 1. The molecule has 1 saturated heterocycles. The van der Waals surface area contributed by atoms with E-state index in [9.17, 15) is 0 Å². The van der Waals surface area contributed by atoms with Crippen molar-refractivity contribution in [2.24, 2.45) is 0 Å². The van der Waals surface area contributed by atoms with Crippen LogP contribution in [0.4, 0.5) is 5.88 Å². The molecule has 1 fully saturated rings. The Bertz CT molecular complexity index is 303. The van der Waals surface area contributed by atoms with E-state index < -0.39 is 0 Å². The van der Waals surface area contributed by atoms with Crippen LogP contribution in [-0.4, -0.2) is 50.1 Å². The summed E-state index contributed by atoms with van der Waals surface area (Å²) >= 11 is 0. The second-order valence-corrected chi connectivity index (χ2v) is 4.10. The molecule has 4 heteroatoms. The Morgan fingerprint density at radius 3 is 2.60 bits per heavy atom. The van der Waals surface area contributed by atoms with E-state index in [1.807, 2.05) is 19.2 Å². The number of nitrogens with one attached hydrogen (secondary N) is 1. The summed E-state index contributed by atoms with van der Waals surface area (Å²) in [5.74, 6) is 1.89. The van der Waals surface area contributed by atoms with E-state index in [-0.39, 0.29) is 0 Å². The molecular formula is C11H19N3O. The topological polar surface area (TPSA) is 31.6 Å². The van der Waals surface area contributed by atoms with Crippen molar-refractivity contribution < 1.29 is 4.42 Å². The number of furan rings is 1. The molecule has 2 rings (SSSR count). The number of nitrogens with zero attached hydrogens (tertiary/aromatic N) is 2. The monoisotopic (exact) mass is 209 g/mol. The summed E-state index contributed by atoms with van der Waals surface area (Å²) in [5, 5.41) is 3.00. The van der Waals surface area contributed by atoms with Gasteiger partial charge in [0.05, 0.1) is 6.54 Å². The molecule has 0 spiro atoms. The van der Waals surface area contributed by atoms with Crippen molar-refractivity contribution in [3.8, 4) is 0 Å². The number of hydrogen-bond donors (Lipinski definition) is 1. The summed E-state index contributed by atoms with van der Waals surface area (Å²) in [7, 11) is 4.04. The van der Waals surface area contributed by atoms with Gasteiger partial charge in [0.1, 0.15) is 5.76 Å². The minimum atomic E-state index is 0.846. The molecule has 0 aliphatic carbocycles. The lowest BCUT2D eigenvalue weighted by molar-refractivity contribution is 0.140. The summed E-state index contributed by atoms with van der Waals surface area (Å²) in [6, 6.07) is 4.02. The number of likely N-dealkylation sites (N-methyl/N-ethyl adjacent to an activating group) is 1. The Balaban J connectivity index is 1.86. The van der Waals surface area contributed by atoms with Crippen LogP contribution in [0.5, 0.6) is 0 Å². The first-order chi connectivity index (χ1) is 7.28. The summed E-state index contributed by atoms with van der Waals surface area (Å²) in [5.41, 5.74) is 0. The lowest BCUT2D eigenvalue weighted by Crippen LogP contribution is -2.43. The van der Waals surface area contributed by atoms with Crippen molar-refractivity contribution in [1.29, 1.82) is 0 Å². The Morgan fingerprint density at radius 1 is 1.27 bits per heavy atom. The van der Waals surface area contributed by atoms with E-state index in [1.165, 1.54) is 0 Å². The molecule has 1 aromatic heterocycles. The lowest BCUT2D eigenvalue weighted by atomic mass is 10.3. The maximum Gasteiger partial charge on any atom is 0.192 e. The molecule has 0 saturated carbocycles. The molecule has 0 atom stereocenters. The van der Waals surface area contributed by atoms with Crippen molar-refractivity contribution >= 4 is 5.88 Å². The maximum absolute atomic E-state index is 5.60. The molecule has 2 heterocycles. The average molecular weight is 209 g/mol. The van der Waals surface area contributed by atoms with Gasteiger partial charge < -0.3 is 14.6 Å². The fourth-order valence-electron chi connectivity index (χ4n) is 1.82. The quantitative estimate of drug-likeness (QED) is 0.807. The first-order valence-electron chi connectivity index (χ1n) is 5.45. The molecule has 4 nitrogen and oxygen atoms in total. The lowest BCUT2D eigenvalue weighted by Gasteiger charge is -2.31. The normalized spacial score (nSPS) is 19.3. The summed E-state index contributed by atoms with van der Waals surface area (Å²) in [6.07, 6.45) is 0. The minimum absolute atomic E-state index is 0.846. The third-order valence-electron chi connectivity index (χ3n) is 2.88. The Kier molecular flexibility index (Phi) is 3.28. The SMILES string of the molecule is CNc1ccc(CN2CCN(C)CC2)o1. The molecule has 0 radical (unpaired) electrons. The summed E-state index contributed by atoms with van der Waals surface area (Å²) < 4.78 is 5.60. The van der Waals surface area contributed by atoms with E-state index in [2.05, 4.69) is 22.2 Å². The van der Waals surface area contributed by atoms with Crippen LogP contribution in [0.3, 0.4) is 0 Å². The molecule has 1 N–H and O–H groups in total. The van der Waals surface area contributed by atoms with Gasteiger partial charge in [-0.05, 0) is 13.1 Å². The Morgan fingerprint density at radius 2 is 2.00 bits per heavy atom. The van der Waals surface area contributed by atoms with E-state index in [0.717, 1.165) is 44.4 Å². The van der Waals surface area contributed by atoms with Crippen molar-refractivity contribution in [1.82, 2.24) is 9.80 Å². The number of hydrogen-bond acceptors (Lipinski definition) is 4. The average Bonchev–Trinajstić information content (AvgIpc) is 2.69. The van der Waals surface area contributed by atoms with Crippen molar-refractivity contribution in [3.05, 3.63) is 17.9 Å². The first-order valence-corrected chi connectivity index (χ1v) is 5.45. The van der Waals surface area contributed by atoms with Crippen LogP contribution in [0.25, 0.3) is 0 Å². The van der Waals surface area contributed by atoms with Crippen molar-refractivity contribution in [2.75, 3.05) is 45.6 Å². The van der Waals surface area contributed by atoms with Gasteiger partial charge in [-0.1, -0.05) is 0 Å². The molecule has 0 unspecified atom stereocenters. The fraction of sp³-hybridized carbons (Fsp3) is 0.636. The van der Waals surface area contributed by atoms with Crippen LogP contribution in [0.2, 0.25) is 0 Å². The van der Waals surface area contributed by atoms with Gasteiger partial charge in [-0.2, -0.15) is 0 Å². The highest BCUT2D eigenvalue weighted by Gasteiger charge is 2.15. The third kappa shape index (κ3) is 2.73. The van der Waals surface area contributed by atoms with Gasteiger partial charge in [0.15, 0.2) is 5.88 Å². The highest BCUT2D eigenvalue weighted by molar-refractivity contribution is 5.30. The zero-order valence-corrected chi connectivity index (χ0v) is 9.49. The van der Waals surface area contributed by atoms with E-state index >= 15 is 0 Å². The summed E-state index contributed by atoms with van der Waals surface area (Å²) in [6.45, 7) is 5.49. The van der Waals surface area contributed by atoms with Crippen LogP contribution in [0.1, 0.15) is 5.76 Å². The van der Waals surface area contributed by atoms with Crippen LogP contribution >= 0.6 is 0 Å². The van der Waals surface area contributed by atoms with Crippen LogP contribution < -0.4 is 5.32 Å². The molecule has 84 valence electrons. The van der Waals surface area contributed by atoms with Gasteiger partial charge in [0.25, 0.3) is 0 Å². The smallest absolute Gasteiger partial charge is 0.192 e. The van der Waals surface area contributed by atoms with Crippen molar-refractivity contribution in [3.63, 3.8) is 0 Å². The standard InChI is InChI=1S/C11H19N3O/c1-12-11-4-3-10(15-11)9-14-7-5-13(2)6-8-14/h3-4,12H,5-9H2,1-2H3. The Hall–Kier alpha value is -1.00. The highest BCUT2D eigenvalue weighted by Crippen LogP contribution is 2.15. The van der Waals surface area contributed by atoms with E-state index in [0.29, 0.717) is 0 Å². The molecule has 1 aliphatic heterocycles. The molecular weight excluding hydrogens is 190 g/mol. The zero-order valence-electron chi connectivity index (χ0n) is 9.49. The predicted octanol–water partition coefficient (Wildman–Crippen LogP) is 1.07. The van der Waals surface area contributed by atoms with Gasteiger partial charge in [0.2, 0.25) is 0 Å². The molecule has 1 aromatic rings. The van der Waals surface area contributed by atoms with Crippen LogP contribution in [0, 0.1) is 0 Å².